The number of para-hydroxylation sites is 1. The summed E-state index contributed by atoms with van der Waals surface area (Å²) in [4.78, 5) is 17.5. The van der Waals surface area contributed by atoms with Crippen molar-refractivity contribution in [1.82, 2.24) is 9.55 Å². The van der Waals surface area contributed by atoms with E-state index in [4.69, 9.17) is 0 Å². The number of hydrogen-bond acceptors (Lipinski definition) is 3. The van der Waals surface area contributed by atoms with Crippen LogP contribution in [-0.4, -0.2) is 27.0 Å². The second kappa shape index (κ2) is 8.70. The van der Waals surface area contributed by atoms with Gasteiger partial charge >= 0.3 is 12.4 Å². The predicted molar refractivity (Wildman–Crippen MR) is 113 cm³/mol. The molecule has 0 amide bonds. The smallest absolute Gasteiger partial charge is 0.369 e. The van der Waals surface area contributed by atoms with Crippen molar-refractivity contribution >= 4 is 10.9 Å². The predicted octanol–water partition coefficient (Wildman–Crippen LogP) is 5.57. The first-order valence-electron chi connectivity index (χ1n) is 10.2. The maximum atomic E-state index is 14.3. The van der Waals surface area contributed by atoms with Gasteiger partial charge in [0.25, 0.3) is 11.2 Å². The highest BCUT2D eigenvalue weighted by atomic mass is 19.4. The SMILES string of the molecule is O=c1c2ccccc2nc(Cc2c(F)cccc2F)n1-c1ccc(C(O)(C(F)(F)F)C(F)(F)F)cc1. The summed E-state index contributed by atoms with van der Waals surface area (Å²) in [5, 5.41) is 9.65. The van der Waals surface area contributed by atoms with E-state index in [9.17, 15) is 45.0 Å². The van der Waals surface area contributed by atoms with Gasteiger partial charge < -0.3 is 5.11 Å². The van der Waals surface area contributed by atoms with Gasteiger partial charge in [0.05, 0.1) is 16.6 Å². The van der Waals surface area contributed by atoms with Crippen molar-refractivity contribution in [3.8, 4) is 5.69 Å². The normalized spacial score (nSPS) is 12.8. The van der Waals surface area contributed by atoms with Crippen LogP contribution >= 0.6 is 0 Å². The van der Waals surface area contributed by atoms with Gasteiger partial charge in [-0.2, -0.15) is 26.3 Å². The molecular weight excluding hydrogens is 500 g/mol. The highest BCUT2D eigenvalue weighted by molar-refractivity contribution is 5.77. The molecule has 0 unspecified atom stereocenters. The van der Waals surface area contributed by atoms with Gasteiger partial charge in [-0.3, -0.25) is 9.36 Å². The molecule has 0 saturated carbocycles. The molecule has 0 aliphatic heterocycles. The van der Waals surface area contributed by atoms with Crippen molar-refractivity contribution in [2.75, 3.05) is 0 Å². The van der Waals surface area contributed by atoms with E-state index in [0.29, 0.717) is 12.1 Å². The second-order valence-electron chi connectivity index (χ2n) is 7.82. The van der Waals surface area contributed by atoms with Gasteiger partial charge in [0.15, 0.2) is 0 Å². The van der Waals surface area contributed by atoms with Crippen LogP contribution in [0.25, 0.3) is 16.6 Å². The Morgan fingerprint density at radius 3 is 1.89 bits per heavy atom. The van der Waals surface area contributed by atoms with Gasteiger partial charge in [0.1, 0.15) is 17.5 Å². The van der Waals surface area contributed by atoms with Gasteiger partial charge in [-0.15, -0.1) is 0 Å². The molecule has 0 spiro atoms. The summed E-state index contributed by atoms with van der Waals surface area (Å²) >= 11 is 0. The van der Waals surface area contributed by atoms with Gasteiger partial charge in [0.2, 0.25) is 0 Å². The van der Waals surface area contributed by atoms with Crippen LogP contribution in [0, 0.1) is 11.6 Å². The first-order valence-corrected chi connectivity index (χ1v) is 10.2. The highest BCUT2D eigenvalue weighted by Crippen LogP contribution is 2.50. The zero-order valence-corrected chi connectivity index (χ0v) is 17.8. The van der Waals surface area contributed by atoms with Crippen LogP contribution in [0.5, 0.6) is 0 Å². The summed E-state index contributed by atoms with van der Waals surface area (Å²) < 4.78 is 109. The van der Waals surface area contributed by atoms with E-state index in [2.05, 4.69) is 4.98 Å². The third kappa shape index (κ3) is 4.11. The monoisotopic (exact) mass is 514 g/mol. The third-order valence-electron chi connectivity index (χ3n) is 5.61. The first-order chi connectivity index (χ1) is 16.8. The van der Waals surface area contributed by atoms with Gasteiger partial charge in [-0.05, 0) is 36.4 Å². The maximum absolute atomic E-state index is 14.3. The molecule has 4 aromatic rings. The van der Waals surface area contributed by atoms with Crippen molar-refractivity contribution in [2.45, 2.75) is 24.4 Å². The Morgan fingerprint density at radius 2 is 1.33 bits per heavy atom. The minimum absolute atomic E-state index is 0.0430. The lowest BCUT2D eigenvalue weighted by molar-refractivity contribution is -0.376. The van der Waals surface area contributed by atoms with Crippen LogP contribution in [0.2, 0.25) is 0 Å². The van der Waals surface area contributed by atoms with E-state index in [1.54, 1.807) is 6.07 Å². The van der Waals surface area contributed by atoms with Crippen LogP contribution < -0.4 is 5.56 Å². The zero-order chi connectivity index (χ0) is 26.5. The Balaban J connectivity index is 1.92. The average molecular weight is 514 g/mol. The number of hydrogen-bond donors (Lipinski definition) is 1. The molecule has 0 radical (unpaired) electrons. The first kappa shape index (κ1) is 25.3. The van der Waals surface area contributed by atoms with Crippen LogP contribution in [-0.2, 0) is 12.0 Å². The fourth-order valence-corrected chi connectivity index (χ4v) is 3.76. The van der Waals surface area contributed by atoms with Crippen molar-refractivity contribution in [1.29, 1.82) is 0 Å². The van der Waals surface area contributed by atoms with E-state index in [1.807, 2.05) is 0 Å². The van der Waals surface area contributed by atoms with Crippen molar-refractivity contribution < 1.29 is 40.2 Å². The van der Waals surface area contributed by atoms with E-state index < -0.39 is 52.7 Å². The number of benzene rings is 3. The lowest BCUT2D eigenvalue weighted by Crippen LogP contribution is -2.53. The topological polar surface area (TPSA) is 55.1 Å². The second-order valence-corrected chi connectivity index (χ2v) is 7.82. The molecule has 1 aromatic heterocycles. The van der Waals surface area contributed by atoms with Gasteiger partial charge in [-0.1, -0.05) is 30.3 Å². The van der Waals surface area contributed by atoms with Crippen LogP contribution in [0.4, 0.5) is 35.1 Å². The molecule has 4 rings (SSSR count). The van der Waals surface area contributed by atoms with Gasteiger partial charge in [0, 0.05) is 17.5 Å². The fraction of sp³-hybridized carbons (Fsp3) is 0.167. The minimum Gasteiger partial charge on any atom is -0.369 e. The maximum Gasteiger partial charge on any atom is 0.430 e. The summed E-state index contributed by atoms with van der Waals surface area (Å²) in [5.74, 6) is -2.11. The highest BCUT2D eigenvalue weighted by Gasteiger charge is 2.71. The van der Waals surface area contributed by atoms with Crippen molar-refractivity contribution in [3.63, 3.8) is 0 Å². The Morgan fingerprint density at radius 1 is 0.778 bits per heavy atom. The Labute approximate surface area is 197 Å². The lowest BCUT2D eigenvalue weighted by atomic mass is 9.92. The summed E-state index contributed by atoms with van der Waals surface area (Å²) in [7, 11) is 0. The van der Waals surface area contributed by atoms with Crippen LogP contribution in [0.1, 0.15) is 17.0 Å². The van der Waals surface area contributed by atoms with Crippen molar-refractivity contribution in [3.05, 3.63) is 106 Å². The van der Waals surface area contributed by atoms with Crippen LogP contribution in [0.15, 0.2) is 71.5 Å². The number of rotatable bonds is 4. The third-order valence-corrected chi connectivity index (χ3v) is 5.61. The number of aliphatic hydroxyl groups is 1. The van der Waals surface area contributed by atoms with E-state index in [-0.39, 0.29) is 22.4 Å². The molecule has 1 N–H and O–H groups in total. The fourth-order valence-electron chi connectivity index (χ4n) is 3.76. The molecule has 0 fully saturated rings. The molecule has 1 heterocycles. The van der Waals surface area contributed by atoms with E-state index in [0.717, 1.165) is 34.9 Å². The zero-order valence-electron chi connectivity index (χ0n) is 17.8. The van der Waals surface area contributed by atoms with E-state index >= 15 is 0 Å². The quantitative estimate of drug-likeness (QED) is 0.363. The molecule has 4 nitrogen and oxygen atoms in total. The molecule has 0 atom stereocenters. The number of halogens is 8. The molecule has 0 aliphatic carbocycles. The summed E-state index contributed by atoms with van der Waals surface area (Å²) in [6.07, 6.45) is -12.8. The molecular formula is C24H14F8N2O2. The number of aromatic nitrogens is 2. The summed E-state index contributed by atoms with van der Waals surface area (Å²) in [6.45, 7) is 0. The van der Waals surface area contributed by atoms with Crippen LogP contribution in [0.3, 0.4) is 0 Å². The molecule has 0 aliphatic rings. The number of alkyl halides is 6. The molecule has 188 valence electrons. The largest absolute Gasteiger partial charge is 0.430 e. The van der Waals surface area contributed by atoms with Gasteiger partial charge in [-0.25, -0.2) is 13.8 Å². The average Bonchev–Trinajstić information content (AvgIpc) is 2.80. The minimum atomic E-state index is -6.10. The Hall–Kier alpha value is -3.80. The summed E-state index contributed by atoms with van der Waals surface area (Å²) in [5.41, 5.74) is -8.00. The lowest BCUT2D eigenvalue weighted by Gasteiger charge is -2.32. The summed E-state index contributed by atoms with van der Waals surface area (Å²) in [6, 6.07) is 11.2. The van der Waals surface area contributed by atoms with E-state index in [1.165, 1.54) is 18.2 Å². The molecule has 12 heteroatoms. The Bertz CT molecular complexity index is 1460. The molecule has 0 bridgehead atoms. The molecule has 3 aromatic carbocycles. The number of fused-ring (bicyclic) bond motifs is 1. The standard InChI is InChI=1S/C24H14F8N2O2/c25-17-5-3-6-18(26)16(17)12-20-33-19-7-2-1-4-15(19)21(35)34(20)14-10-8-13(9-11-14)22(36,23(27,28)29)24(30,31)32/h1-11,36H,12H2. The molecule has 36 heavy (non-hydrogen) atoms. The number of nitrogens with zero attached hydrogens (tertiary/aromatic N) is 2. The van der Waals surface area contributed by atoms with Crippen molar-refractivity contribution in [2.24, 2.45) is 0 Å². The molecule has 0 saturated heterocycles. The Kier molecular flexibility index (Phi) is 6.11.